The molecule has 1 heterocycles. The van der Waals surface area contributed by atoms with Gasteiger partial charge in [0.1, 0.15) is 0 Å². The quantitative estimate of drug-likeness (QED) is 0.595. The molecule has 0 N–H and O–H groups in total. The second-order valence-electron chi connectivity index (χ2n) is 3.19. The van der Waals surface area contributed by atoms with Crippen LogP contribution in [-0.2, 0) is 0 Å². The van der Waals surface area contributed by atoms with Crippen molar-refractivity contribution in [1.29, 1.82) is 0 Å². The van der Waals surface area contributed by atoms with Gasteiger partial charge in [0.2, 0.25) is 0 Å². The molecule has 2 heteroatoms. The maximum absolute atomic E-state index is 3.76. The summed E-state index contributed by atoms with van der Waals surface area (Å²) in [5, 5.41) is 0. The van der Waals surface area contributed by atoms with Crippen molar-refractivity contribution in [3.63, 3.8) is 0 Å². The van der Waals surface area contributed by atoms with Crippen molar-refractivity contribution >= 4 is 0 Å². The van der Waals surface area contributed by atoms with E-state index in [1.807, 2.05) is 12.2 Å². The summed E-state index contributed by atoms with van der Waals surface area (Å²) in [7, 11) is 0. The van der Waals surface area contributed by atoms with Gasteiger partial charge in [-0.15, -0.1) is 13.2 Å². The van der Waals surface area contributed by atoms with Gasteiger partial charge in [-0.1, -0.05) is 19.1 Å². The number of rotatable bonds is 5. The zero-order valence-corrected chi connectivity index (χ0v) is 8.37. The molecular weight excluding hydrogens is 160 g/mol. The Hall–Kier alpha value is -1.18. The second-order valence-corrected chi connectivity index (χ2v) is 3.19. The fourth-order valence-corrected chi connectivity index (χ4v) is 1.57. The van der Waals surface area contributed by atoms with Gasteiger partial charge in [0, 0.05) is 25.0 Å². The number of nitrogens with zero attached hydrogens (tertiary/aromatic N) is 2. The Balaban J connectivity index is 2.56. The fraction of sp³-hybridized carbons (Fsp3) is 0.455. The highest BCUT2D eigenvalue weighted by Gasteiger charge is 2.16. The van der Waals surface area contributed by atoms with Gasteiger partial charge in [0.15, 0.2) is 0 Å². The summed E-state index contributed by atoms with van der Waals surface area (Å²) in [4.78, 5) is 4.59. The van der Waals surface area contributed by atoms with Crippen molar-refractivity contribution in [3.8, 4) is 0 Å². The Bertz CT molecular complexity index is 218. The normalized spacial score (nSPS) is 15.9. The summed E-state index contributed by atoms with van der Waals surface area (Å²) >= 11 is 0. The van der Waals surface area contributed by atoms with Crippen LogP contribution >= 0.6 is 0 Å². The largest absolute Gasteiger partial charge is 0.355 e. The van der Waals surface area contributed by atoms with Crippen LogP contribution in [0.1, 0.15) is 13.3 Å². The fourth-order valence-electron chi connectivity index (χ4n) is 1.57. The van der Waals surface area contributed by atoms with Gasteiger partial charge >= 0.3 is 0 Å². The highest BCUT2D eigenvalue weighted by molar-refractivity contribution is 5.08. The van der Waals surface area contributed by atoms with Gasteiger partial charge < -0.3 is 9.80 Å². The highest BCUT2D eigenvalue weighted by Crippen LogP contribution is 2.17. The summed E-state index contributed by atoms with van der Waals surface area (Å²) in [5.74, 6) is 0. The zero-order valence-electron chi connectivity index (χ0n) is 8.37. The van der Waals surface area contributed by atoms with E-state index in [0.717, 1.165) is 26.2 Å². The summed E-state index contributed by atoms with van der Waals surface area (Å²) in [5.41, 5.74) is 1.39. The molecule has 1 aliphatic rings. The number of hydrogen-bond acceptors (Lipinski definition) is 2. The average Bonchev–Trinajstić information content (AvgIpc) is 2.49. The monoisotopic (exact) mass is 178 g/mol. The minimum Gasteiger partial charge on any atom is -0.355 e. The molecule has 0 saturated heterocycles. The van der Waals surface area contributed by atoms with Gasteiger partial charge in [-0.3, -0.25) is 0 Å². The lowest BCUT2D eigenvalue weighted by atomic mass is 10.3. The Kier molecular flexibility index (Phi) is 3.62. The first-order valence-electron chi connectivity index (χ1n) is 4.73. The van der Waals surface area contributed by atoms with Crippen molar-refractivity contribution in [2.75, 3.05) is 19.8 Å². The van der Waals surface area contributed by atoms with Crippen LogP contribution in [0.25, 0.3) is 0 Å². The molecule has 0 bridgehead atoms. The minimum atomic E-state index is 0.928. The van der Waals surface area contributed by atoms with Crippen LogP contribution in [0.5, 0.6) is 0 Å². The molecule has 1 aliphatic heterocycles. The Morgan fingerprint density at radius 1 is 1.38 bits per heavy atom. The van der Waals surface area contributed by atoms with Gasteiger partial charge in [0.25, 0.3) is 0 Å². The molecule has 13 heavy (non-hydrogen) atoms. The van der Waals surface area contributed by atoms with Crippen LogP contribution in [0.2, 0.25) is 0 Å². The Labute approximate surface area is 80.8 Å². The topological polar surface area (TPSA) is 6.48 Å². The van der Waals surface area contributed by atoms with Crippen LogP contribution in [0.15, 0.2) is 37.2 Å². The maximum Gasteiger partial charge on any atom is 0.0902 e. The molecule has 0 aliphatic carbocycles. The van der Waals surface area contributed by atoms with Crippen molar-refractivity contribution in [3.05, 3.63) is 37.2 Å². The lowest BCUT2D eigenvalue weighted by molar-refractivity contribution is 0.285. The van der Waals surface area contributed by atoms with E-state index in [1.54, 1.807) is 0 Å². The lowest BCUT2D eigenvalue weighted by Gasteiger charge is -2.21. The third-order valence-corrected chi connectivity index (χ3v) is 2.17. The summed E-state index contributed by atoms with van der Waals surface area (Å²) < 4.78 is 0. The minimum absolute atomic E-state index is 0.928. The molecule has 0 amide bonds. The smallest absolute Gasteiger partial charge is 0.0902 e. The molecule has 0 spiro atoms. The van der Waals surface area contributed by atoms with Gasteiger partial charge in [-0.25, -0.2) is 0 Å². The third kappa shape index (κ3) is 2.38. The van der Waals surface area contributed by atoms with E-state index in [9.17, 15) is 0 Å². The highest BCUT2D eigenvalue weighted by atomic mass is 15.3. The maximum atomic E-state index is 3.76. The Morgan fingerprint density at radius 2 is 2.08 bits per heavy atom. The van der Waals surface area contributed by atoms with Gasteiger partial charge in [0.05, 0.1) is 6.67 Å². The Morgan fingerprint density at radius 3 is 2.62 bits per heavy atom. The standard InChI is InChI=1S/C11H18N2/c1-4-7-12-9-11(6-3)13(10-12)8-5-2/h4-5,9H,1-2,6-8,10H2,3H3. The van der Waals surface area contributed by atoms with Crippen LogP contribution < -0.4 is 0 Å². The molecule has 0 radical (unpaired) electrons. The SMILES string of the molecule is C=CCN1C=C(CC)N(CC=C)C1. The summed E-state index contributed by atoms with van der Waals surface area (Å²) in [6.45, 7) is 12.5. The summed E-state index contributed by atoms with van der Waals surface area (Å²) in [6.07, 6.45) is 7.18. The van der Waals surface area contributed by atoms with Crippen molar-refractivity contribution in [2.45, 2.75) is 13.3 Å². The second kappa shape index (κ2) is 4.75. The summed E-state index contributed by atoms with van der Waals surface area (Å²) in [6, 6.07) is 0. The predicted molar refractivity (Wildman–Crippen MR) is 57.0 cm³/mol. The average molecular weight is 178 g/mol. The van der Waals surface area contributed by atoms with Crippen molar-refractivity contribution < 1.29 is 0 Å². The predicted octanol–water partition coefficient (Wildman–Crippen LogP) is 2.18. The van der Waals surface area contributed by atoms with Crippen molar-refractivity contribution in [2.24, 2.45) is 0 Å². The van der Waals surface area contributed by atoms with E-state index >= 15 is 0 Å². The van der Waals surface area contributed by atoms with Crippen LogP contribution in [0.3, 0.4) is 0 Å². The molecule has 2 nitrogen and oxygen atoms in total. The van der Waals surface area contributed by atoms with Crippen LogP contribution in [0, 0.1) is 0 Å². The van der Waals surface area contributed by atoms with E-state index in [-0.39, 0.29) is 0 Å². The molecule has 0 aromatic rings. The third-order valence-electron chi connectivity index (χ3n) is 2.17. The van der Waals surface area contributed by atoms with E-state index in [2.05, 4.69) is 36.1 Å². The molecule has 0 aromatic heterocycles. The molecule has 0 aromatic carbocycles. The van der Waals surface area contributed by atoms with Crippen LogP contribution in [0.4, 0.5) is 0 Å². The molecule has 0 unspecified atom stereocenters. The molecule has 0 atom stereocenters. The van der Waals surface area contributed by atoms with E-state index in [4.69, 9.17) is 0 Å². The first kappa shape index (κ1) is 9.90. The van der Waals surface area contributed by atoms with Crippen LogP contribution in [-0.4, -0.2) is 29.6 Å². The zero-order chi connectivity index (χ0) is 9.68. The van der Waals surface area contributed by atoms with E-state index < -0.39 is 0 Å². The molecular formula is C11H18N2. The van der Waals surface area contributed by atoms with E-state index in [1.165, 1.54) is 5.70 Å². The first-order valence-corrected chi connectivity index (χ1v) is 4.73. The first-order chi connectivity index (χ1) is 6.31. The van der Waals surface area contributed by atoms with Gasteiger partial charge in [-0.2, -0.15) is 0 Å². The van der Waals surface area contributed by atoms with Crippen molar-refractivity contribution in [1.82, 2.24) is 9.80 Å². The number of hydrogen-bond donors (Lipinski definition) is 0. The molecule has 0 fully saturated rings. The molecule has 0 saturated carbocycles. The molecule has 1 rings (SSSR count). The van der Waals surface area contributed by atoms with E-state index in [0.29, 0.717) is 0 Å². The molecule has 72 valence electrons. The number of allylic oxidation sites excluding steroid dienone is 1. The van der Waals surface area contributed by atoms with Gasteiger partial charge in [-0.05, 0) is 6.42 Å². The lowest BCUT2D eigenvalue weighted by Crippen LogP contribution is -2.27.